The Labute approximate surface area is 141 Å². The summed E-state index contributed by atoms with van der Waals surface area (Å²) in [5.74, 6) is 1.06. The van der Waals surface area contributed by atoms with E-state index in [0.29, 0.717) is 18.3 Å². The van der Waals surface area contributed by atoms with Gasteiger partial charge in [0.25, 0.3) is 0 Å². The van der Waals surface area contributed by atoms with Gasteiger partial charge in [0.05, 0.1) is 0 Å². The van der Waals surface area contributed by atoms with Gasteiger partial charge in [-0.3, -0.25) is 4.79 Å². The zero-order valence-electron chi connectivity index (χ0n) is 13.9. The van der Waals surface area contributed by atoms with Crippen molar-refractivity contribution in [2.24, 2.45) is 11.7 Å². The van der Waals surface area contributed by atoms with Crippen molar-refractivity contribution in [1.29, 1.82) is 0 Å². The highest BCUT2D eigenvalue weighted by molar-refractivity contribution is 5.85. The molecule has 1 unspecified atom stereocenters. The molecule has 0 spiro atoms. The van der Waals surface area contributed by atoms with Gasteiger partial charge in [0.1, 0.15) is 0 Å². The maximum atomic E-state index is 11.9. The number of unbranched alkanes of at least 4 members (excludes halogenated alkanes) is 3. The molecular formula is C18H31ClN2O. The van der Waals surface area contributed by atoms with Crippen LogP contribution in [-0.4, -0.2) is 19.0 Å². The number of halogens is 1. The third-order valence-corrected chi connectivity index (χ3v) is 3.91. The zero-order chi connectivity index (χ0) is 15.5. The van der Waals surface area contributed by atoms with Crippen molar-refractivity contribution >= 4 is 18.3 Å². The van der Waals surface area contributed by atoms with Crippen LogP contribution >= 0.6 is 12.4 Å². The van der Waals surface area contributed by atoms with Gasteiger partial charge in [-0.1, -0.05) is 57.0 Å². The molecule has 126 valence electrons. The molecule has 0 saturated carbocycles. The maximum absolute atomic E-state index is 11.9. The van der Waals surface area contributed by atoms with E-state index in [1.54, 1.807) is 0 Å². The van der Waals surface area contributed by atoms with Gasteiger partial charge >= 0.3 is 0 Å². The summed E-state index contributed by atoms with van der Waals surface area (Å²) in [5.41, 5.74) is 6.76. The van der Waals surface area contributed by atoms with E-state index in [2.05, 4.69) is 43.4 Å². The van der Waals surface area contributed by atoms with Crippen LogP contribution in [0.4, 0.5) is 0 Å². The second kappa shape index (κ2) is 12.5. The average Bonchev–Trinajstić information content (AvgIpc) is 2.48. The number of amides is 1. The van der Waals surface area contributed by atoms with Crippen molar-refractivity contribution in [3.05, 3.63) is 35.9 Å². The van der Waals surface area contributed by atoms with Gasteiger partial charge < -0.3 is 11.1 Å². The van der Waals surface area contributed by atoms with Gasteiger partial charge in [0.2, 0.25) is 5.91 Å². The highest BCUT2D eigenvalue weighted by atomic mass is 35.5. The maximum Gasteiger partial charge on any atom is 0.220 e. The van der Waals surface area contributed by atoms with Crippen molar-refractivity contribution < 1.29 is 4.79 Å². The lowest BCUT2D eigenvalue weighted by atomic mass is 9.88. The summed E-state index contributed by atoms with van der Waals surface area (Å²) in [6.07, 6.45) is 4.87. The summed E-state index contributed by atoms with van der Waals surface area (Å²) < 4.78 is 0. The summed E-state index contributed by atoms with van der Waals surface area (Å²) in [6, 6.07) is 10.4. The molecule has 1 aromatic rings. The molecule has 0 radical (unpaired) electrons. The lowest BCUT2D eigenvalue weighted by Crippen LogP contribution is -2.30. The minimum atomic E-state index is 0. The third kappa shape index (κ3) is 8.40. The average molecular weight is 327 g/mol. The number of carbonyl (C=O) groups is 1. The number of nitrogens with two attached hydrogens (primary N) is 1. The number of nitrogens with one attached hydrogen (secondary N) is 1. The van der Waals surface area contributed by atoms with Gasteiger partial charge in [-0.25, -0.2) is 0 Å². The van der Waals surface area contributed by atoms with Crippen LogP contribution in [0, 0.1) is 5.92 Å². The van der Waals surface area contributed by atoms with Crippen LogP contribution in [0.15, 0.2) is 30.3 Å². The van der Waals surface area contributed by atoms with Crippen molar-refractivity contribution in [2.75, 3.05) is 13.1 Å². The van der Waals surface area contributed by atoms with Crippen LogP contribution in [-0.2, 0) is 4.79 Å². The molecule has 3 N–H and O–H groups in total. The molecule has 0 fully saturated rings. The van der Waals surface area contributed by atoms with Crippen LogP contribution in [0.25, 0.3) is 0 Å². The predicted molar refractivity (Wildman–Crippen MR) is 96.4 cm³/mol. The fourth-order valence-corrected chi connectivity index (χ4v) is 2.53. The lowest BCUT2D eigenvalue weighted by Gasteiger charge is -2.22. The molecule has 0 aromatic heterocycles. The van der Waals surface area contributed by atoms with E-state index in [1.807, 2.05) is 6.07 Å². The molecule has 22 heavy (non-hydrogen) atoms. The Hall–Kier alpha value is -1.06. The van der Waals surface area contributed by atoms with E-state index >= 15 is 0 Å². The fraction of sp³-hybridized carbons (Fsp3) is 0.611. The highest BCUT2D eigenvalue weighted by Gasteiger charge is 2.16. The summed E-state index contributed by atoms with van der Waals surface area (Å²) in [5, 5.41) is 3.09. The minimum Gasteiger partial charge on any atom is -0.355 e. The second-order valence-electron chi connectivity index (χ2n) is 6.02. The van der Waals surface area contributed by atoms with Crippen molar-refractivity contribution in [3.8, 4) is 0 Å². The van der Waals surface area contributed by atoms with Crippen molar-refractivity contribution in [1.82, 2.24) is 5.32 Å². The Morgan fingerprint density at radius 1 is 1.09 bits per heavy atom. The molecule has 4 heteroatoms. The van der Waals surface area contributed by atoms with E-state index in [9.17, 15) is 4.79 Å². The molecule has 1 aromatic carbocycles. The molecule has 0 heterocycles. The molecule has 1 rings (SSSR count). The Morgan fingerprint density at radius 3 is 2.32 bits per heavy atom. The molecule has 0 saturated heterocycles. The second-order valence-corrected chi connectivity index (χ2v) is 6.02. The van der Waals surface area contributed by atoms with Gasteiger partial charge in [0.15, 0.2) is 0 Å². The summed E-state index contributed by atoms with van der Waals surface area (Å²) >= 11 is 0. The van der Waals surface area contributed by atoms with E-state index < -0.39 is 0 Å². The van der Waals surface area contributed by atoms with E-state index in [-0.39, 0.29) is 18.3 Å². The van der Waals surface area contributed by atoms with Crippen LogP contribution in [0.3, 0.4) is 0 Å². The summed E-state index contributed by atoms with van der Waals surface area (Å²) in [7, 11) is 0. The number of carbonyl (C=O) groups excluding carboxylic acids is 1. The normalized spacial score (nSPS) is 11.8. The topological polar surface area (TPSA) is 55.1 Å². The lowest BCUT2D eigenvalue weighted by molar-refractivity contribution is -0.121. The highest BCUT2D eigenvalue weighted by Crippen LogP contribution is 2.23. The fourth-order valence-electron chi connectivity index (χ4n) is 2.53. The Balaban J connectivity index is 0.00000441. The summed E-state index contributed by atoms with van der Waals surface area (Å²) in [4.78, 5) is 11.9. The van der Waals surface area contributed by atoms with Crippen molar-refractivity contribution in [2.45, 2.75) is 51.9 Å². The molecule has 1 amide bonds. The quantitative estimate of drug-likeness (QED) is 0.641. The first-order valence-electron chi connectivity index (χ1n) is 8.17. The Bertz CT molecular complexity index is 395. The van der Waals surface area contributed by atoms with Crippen LogP contribution in [0.2, 0.25) is 0 Å². The number of hydrogen-bond donors (Lipinski definition) is 2. The smallest absolute Gasteiger partial charge is 0.220 e. The predicted octanol–water partition coefficient (Wildman–Crippen LogP) is 3.87. The SMILES string of the molecule is CC(C)C(CNC(=O)CCCCCCN)c1ccccc1.Cl. The van der Waals surface area contributed by atoms with E-state index in [0.717, 1.165) is 38.8 Å². The standard InChI is InChI=1S/C18H30N2O.ClH/c1-15(2)17(16-10-6-5-7-11-16)14-20-18(21)12-8-3-4-9-13-19;/h5-7,10-11,15,17H,3-4,8-9,12-14,19H2,1-2H3,(H,20,21);1H. The monoisotopic (exact) mass is 326 g/mol. The van der Waals surface area contributed by atoms with Gasteiger partial charge in [-0.15, -0.1) is 12.4 Å². The molecule has 3 nitrogen and oxygen atoms in total. The molecular weight excluding hydrogens is 296 g/mol. The van der Waals surface area contributed by atoms with E-state index in [4.69, 9.17) is 5.73 Å². The number of benzene rings is 1. The molecule has 0 bridgehead atoms. The first-order valence-corrected chi connectivity index (χ1v) is 8.17. The van der Waals surface area contributed by atoms with Crippen LogP contribution in [0.1, 0.15) is 57.4 Å². The molecule has 0 aliphatic carbocycles. The Morgan fingerprint density at radius 2 is 1.73 bits per heavy atom. The number of rotatable bonds is 10. The third-order valence-electron chi connectivity index (χ3n) is 3.91. The first-order chi connectivity index (χ1) is 10.1. The molecule has 1 atom stereocenters. The largest absolute Gasteiger partial charge is 0.355 e. The number of hydrogen-bond acceptors (Lipinski definition) is 2. The van der Waals surface area contributed by atoms with Gasteiger partial charge in [-0.05, 0) is 30.9 Å². The van der Waals surface area contributed by atoms with Gasteiger partial charge in [0, 0.05) is 18.9 Å². The van der Waals surface area contributed by atoms with E-state index in [1.165, 1.54) is 5.56 Å². The molecule has 0 aliphatic rings. The Kier molecular flexibility index (Phi) is 11.9. The van der Waals surface area contributed by atoms with Crippen molar-refractivity contribution in [3.63, 3.8) is 0 Å². The van der Waals surface area contributed by atoms with Crippen LogP contribution in [0.5, 0.6) is 0 Å². The van der Waals surface area contributed by atoms with Crippen LogP contribution < -0.4 is 11.1 Å². The summed E-state index contributed by atoms with van der Waals surface area (Å²) in [6.45, 7) is 5.88. The van der Waals surface area contributed by atoms with Gasteiger partial charge in [-0.2, -0.15) is 0 Å². The zero-order valence-corrected chi connectivity index (χ0v) is 14.7. The molecule has 0 aliphatic heterocycles. The first kappa shape index (κ1) is 20.9. The minimum absolute atomic E-state index is 0.